The Hall–Kier alpha value is -1.22. The van der Waals surface area contributed by atoms with Crippen LogP contribution >= 0.6 is 0 Å². The van der Waals surface area contributed by atoms with E-state index in [0.29, 0.717) is 12.0 Å². The number of piperazine rings is 1. The van der Waals surface area contributed by atoms with Crippen LogP contribution < -0.4 is 15.0 Å². The Kier molecular flexibility index (Phi) is 4.48. The maximum atomic E-state index is 5.72. The minimum Gasteiger partial charge on any atom is -0.492 e. The first-order chi connectivity index (χ1) is 8.72. The molecule has 1 aliphatic heterocycles. The number of para-hydroxylation sites is 2. The second-order valence-electron chi connectivity index (χ2n) is 5.15. The molecule has 0 radical (unpaired) electrons. The summed E-state index contributed by atoms with van der Waals surface area (Å²) in [5.74, 6) is 1.66. The Morgan fingerprint density at radius 1 is 1.39 bits per heavy atom. The van der Waals surface area contributed by atoms with Gasteiger partial charge in [0, 0.05) is 25.7 Å². The maximum absolute atomic E-state index is 5.72. The quantitative estimate of drug-likeness (QED) is 0.886. The van der Waals surface area contributed by atoms with Gasteiger partial charge in [-0.1, -0.05) is 26.0 Å². The average Bonchev–Trinajstić information content (AvgIpc) is 2.40. The molecule has 1 atom stereocenters. The standard InChI is InChI=1S/C15H24N2O/c1-4-18-15-8-6-5-7-14(15)17-10-9-16-13(11-17)12(2)3/h5-8,12-13,16H,4,9-11H2,1-3H3. The van der Waals surface area contributed by atoms with Crippen molar-refractivity contribution in [1.29, 1.82) is 0 Å². The van der Waals surface area contributed by atoms with Gasteiger partial charge in [-0.2, -0.15) is 0 Å². The van der Waals surface area contributed by atoms with Crippen LogP contribution in [0.15, 0.2) is 24.3 Å². The fourth-order valence-corrected chi connectivity index (χ4v) is 2.44. The van der Waals surface area contributed by atoms with Gasteiger partial charge in [0.2, 0.25) is 0 Å². The highest BCUT2D eigenvalue weighted by molar-refractivity contribution is 5.58. The smallest absolute Gasteiger partial charge is 0.142 e. The molecular weight excluding hydrogens is 224 g/mol. The van der Waals surface area contributed by atoms with E-state index < -0.39 is 0 Å². The molecule has 1 fully saturated rings. The minimum absolute atomic E-state index is 0.563. The first-order valence-electron chi connectivity index (χ1n) is 6.92. The Labute approximate surface area is 110 Å². The van der Waals surface area contributed by atoms with Crippen LogP contribution in [0, 0.1) is 5.92 Å². The summed E-state index contributed by atoms with van der Waals surface area (Å²) in [7, 11) is 0. The fourth-order valence-electron chi connectivity index (χ4n) is 2.44. The highest BCUT2D eigenvalue weighted by Gasteiger charge is 2.23. The lowest BCUT2D eigenvalue weighted by Gasteiger charge is -2.37. The number of nitrogens with zero attached hydrogens (tertiary/aromatic N) is 1. The van der Waals surface area contributed by atoms with Gasteiger partial charge >= 0.3 is 0 Å². The lowest BCUT2D eigenvalue weighted by Crippen LogP contribution is -2.53. The largest absolute Gasteiger partial charge is 0.492 e. The number of anilines is 1. The van der Waals surface area contributed by atoms with Gasteiger partial charge in [-0.15, -0.1) is 0 Å². The van der Waals surface area contributed by atoms with E-state index in [9.17, 15) is 0 Å². The van der Waals surface area contributed by atoms with Crippen LogP contribution in [-0.4, -0.2) is 32.3 Å². The molecule has 0 saturated carbocycles. The van der Waals surface area contributed by atoms with Crippen molar-refractivity contribution in [2.24, 2.45) is 5.92 Å². The first kappa shape index (κ1) is 13.2. The highest BCUT2D eigenvalue weighted by Crippen LogP contribution is 2.29. The predicted molar refractivity (Wildman–Crippen MR) is 76.5 cm³/mol. The van der Waals surface area contributed by atoms with Crippen LogP contribution in [0.1, 0.15) is 20.8 Å². The van der Waals surface area contributed by atoms with E-state index in [1.807, 2.05) is 13.0 Å². The van der Waals surface area contributed by atoms with Crippen molar-refractivity contribution in [3.63, 3.8) is 0 Å². The number of hydrogen-bond acceptors (Lipinski definition) is 3. The Bertz CT molecular complexity index is 379. The lowest BCUT2D eigenvalue weighted by atomic mass is 10.0. The summed E-state index contributed by atoms with van der Waals surface area (Å²) < 4.78 is 5.72. The van der Waals surface area contributed by atoms with Gasteiger partial charge in [0.1, 0.15) is 5.75 Å². The summed E-state index contributed by atoms with van der Waals surface area (Å²) in [6.45, 7) is 10.5. The van der Waals surface area contributed by atoms with Crippen LogP contribution in [-0.2, 0) is 0 Å². The van der Waals surface area contributed by atoms with Crippen LogP contribution in [0.25, 0.3) is 0 Å². The summed E-state index contributed by atoms with van der Waals surface area (Å²) in [6.07, 6.45) is 0. The van der Waals surface area contributed by atoms with Crippen molar-refractivity contribution < 1.29 is 4.74 Å². The highest BCUT2D eigenvalue weighted by atomic mass is 16.5. The van der Waals surface area contributed by atoms with Crippen LogP contribution in [0.5, 0.6) is 5.75 Å². The van der Waals surface area contributed by atoms with Gasteiger partial charge < -0.3 is 15.0 Å². The third-order valence-electron chi connectivity index (χ3n) is 3.52. The molecule has 1 unspecified atom stereocenters. The maximum Gasteiger partial charge on any atom is 0.142 e. The topological polar surface area (TPSA) is 24.5 Å². The van der Waals surface area contributed by atoms with Crippen molar-refractivity contribution in [2.75, 3.05) is 31.1 Å². The van der Waals surface area contributed by atoms with Gasteiger partial charge in [0.15, 0.2) is 0 Å². The third-order valence-corrected chi connectivity index (χ3v) is 3.52. The predicted octanol–water partition coefficient (Wildman–Crippen LogP) is 2.52. The molecule has 1 aromatic rings. The van der Waals surface area contributed by atoms with E-state index in [0.717, 1.165) is 32.0 Å². The van der Waals surface area contributed by atoms with E-state index in [2.05, 4.69) is 42.3 Å². The lowest BCUT2D eigenvalue weighted by molar-refractivity contribution is 0.334. The van der Waals surface area contributed by atoms with Gasteiger partial charge in [0.05, 0.1) is 12.3 Å². The number of ether oxygens (including phenoxy) is 1. The fraction of sp³-hybridized carbons (Fsp3) is 0.600. The molecule has 0 aromatic heterocycles. The van der Waals surface area contributed by atoms with Crippen LogP contribution in [0.2, 0.25) is 0 Å². The van der Waals surface area contributed by atoms with Gasteiger partial charge in [0.25, 0.3) is 0 Å². The third kappa shape index (κ3) is 2.96. The zero-order valence-electron chi connectivity index (χ0n) is 11.6. The van der Waals surface area contributed by atoms with Gasteiger partial charge in [-0.05, 0) is 25.0 Å². The summed E-state index contributed by atoms with van der Waals surface area (Å²) in [5.41, 5.74) is 1.23. The van der Waals surface area contributed by atoms with Crippen molar-refractivity contribution in [3.05, 3.63) is 24.3 Å². The number of nitrogens with one attached hydrogen (secondary N) is 1. The second kappa shape index (κ2) is 6.10. The number of benzene rings is 1. The normalized spacial score (nSPS) is 20.2. The Balaban J connectivity index is 2.15. The molecule has 1 heterocycles. The molecule has 3 nitrogen and oxygen atoms in total. The molecule has 0 aliphatic carbocycles. The summed E-state index contributed by atoms with van der Waals surface area (Å²) in [4.78, 5) is 2.44. The van der Waals surface area contributed by atoms with Crippen LogP contribution in [0.4, 0.5) is 5.69 Å². The molecule has 0 amide bonds. The van der Waals surface area contributed by atoms with Crippen molar-refractivity contribution >= 4 is 5.69 Å². The molecule has 100 valence electrons. The first-order valence-corrected chi connectivity index (χ1v) is 6.92. The zero-order chi connectivity index (χ0) is 13.0. The monoisotopic (exact) mass is 248 g/mol. The van der Waals surface area contributed by atoms with Crippen molar-refractivity contribution in [3.8, 4) is 5.75 Å². The minimum atomic E-state index is 0.563. The molecule has 18 heavy (non-hydrogen) atoms. The van der Waals surface area contributed by atoms with E-state index in [1.54, 1.807) is 0 Å². The van der Waals surface area contributed by atoms with E-state index in [-0.39, 0.29) is 0 Å². The van der Waals surface area contributed by atoms with E-state index in [4.69, 9.17) is 4.74 Å². The summed E-state index contributed by atoms with van der Waals surface area (Å²) in [5, 5.41) is 3.59. The SMILES string of the molecule is CCOc1ccccc1N1CCNC(C(C)C)C1. The van der Waals surface area contributed by atoms with Crippen LogP contribution in [0.3, 0.4) is 0 Å². The van der Waals surface area contributed by atoms with Gasteiger partial charge in [-0.3, -0.25) is 0 Å². The zero-order valence-corrected chi connectivity index (χ0v) is 11.6. The molecule has 2 rings (SSSR count). The molecule has 0 spiro atoms. The molecule has 1 aliphatic rings. The molecular formula is C15H24N2O. The van der Waals surface area contributed by atoms with E-state index in [1.165, 1.54) is 5.69 Å². The summed E-state index contributed by atoms with van der Waals surface area (Å²) in [6, 6.07) is 8.91. The molecule has 1 N–H and O–H groups in total. The summed E-state index contributed by atoms with van der Waals surface area (Å²) >= 11 is 0. The Morgan fingerprint density at radius 2 is 2.17 bits per heavy atom. The van der Waals surface area contributed by atoms with E-state index >= 15 is 0 Å². The second-order valence-corrected chi connectivity index (χ2v) is 5.15. The van der Waals surface area contributed by atoms with Crippen molar-refractivity contribution in [2.45, 2.75) is 26.8 Å². The molecule has 0 bridgehead atoms. The molecule has 1 aromatic carbocycles. The average molecular weight is 248 g/mol. The number of hydrogen-bond donors (Lipinski definition) is 1. The number of rotatable bonds is 4. The van der Waals surface area contributed by atoms with Gasteiger partial charge in [-0.25, -0.2) is 0 Å². The Morgan fingerprint density at radius 3 is 2.89 bits per heavy atom. The molecule has 3 heteroatoms. The molecule has 1 saturated heterocycles. The van der Waals surface area contributed by atoms with Crippen molar-refractivity contribution in [1.82, 2.24) is 5.32 Å².